The van der Waals surface area contributed by atoms with Gasteiger partial charge in [0, 0.05) is 0 Å². The quantitative estimate of drug-likeness (QED) is 0.519. The van der Waals surface area contributed by atoms with E-state index >= 15 is 0 Å². The molecular weight excluding hydrogens is 126 g/mol. The van der Waals surface area contributed by atoms with Crippen LogP contribution < -0.4 is 5.32 Å². The Kier molecular flexibility index (Phi) is 1.72. The summed E-state index contributed by atoms with van der Waals surface area (Å²) >= 11 is 0. The van der Waals surface area contributed by atoms with Crippen molar-refractivity contribution in [1.82, 2.24) is 5.32 Å². The molecule has 0 aromatic carbocycles. The fourth-order valence-electron chi connectivity index (χ4n) is 0.671. The lowest BCUT2D eigenvalue weighted by Gasteiger charge is -2.09. The minimum Gasteiger partial charge on any atom is -0.358 e. The molecule has 1 aliphatic rings. The van der Waals surface area contributed by atoms with E-state index in [0.717, 1.165) is 0 Å². The van der Waals surface area contributed by atoms with Crippen LogP contribution in [-0.2, 0) is 0 Å². The highest BCUT2D eigenvalue weighted by molar-refractivity contribution is 5.32. The molecule has 1 heterocycles. The highest BCUT2D eigenvalue weighted by Gasteiger charge is 2.05. The highest BCUT2D eigenvalue weighted by Crippen LogP contribution is 1.99. The molecule has 3 heteroatoms. The number of allylic oxidation sites excluding steroid dienone is 3. The number of dihydropyridines is 1. The minimum absolute atomic E-state index is 0.348. The monoisotopic (exact) mass is 131 g/mol. The highest BCUT2D eigenvalue weighted by atomic mass is 14.9. The summed E-state index contributed by atoms with van der Waals surface area (Å²) in [6.07, 6.45) is 5.03. The molecule has 10 heavy (non-hydrogen) atoms. The van der Waals surface area contributed by atoms with Gasteiger partial charge in [0.25, 0.3) is 0 Å². The number of nitrogens with one attached hydrogen (secondary N) is 1. The average Bonchev–Trinajstić information content (AvgIpc) is 2.05. The second-order valence-electron chi connectivity index (χ2n) is 1.83. The SMILES string of the molecule is N#CC1=CC=CC(C#N)N1. The van der Waals surface area contributed by atoms with Crippen molar-refractivity contribution in [1.29, 1.82) is 10.5 Å². The molecule has 0 radical (unpaired) electrons. The predicted octanol–water partition coefficient (Wildman–Crippen LogP) is 0.445. The summed E-state index contributed by atoms with van der Waals surface area (Å²) in [6, 6.07) is 3.55. The van der Waals surface area contributed by atoms with Crippen LogP contribution in [0.15, 0.2) is 23.9 Å². The van der Waals surface area contributed by atoms with Crippen molar-refractivity contribution in [3.8, 4) is 12.1 Å². The summed E-state index contributed by atoms with van der Waals surface area (Å²) in [6.45, 7) is 0. The van der Waals surface area contributed by atoms with Crippen LogP contribution in [0.2, 0.25) is 0 Å². The molecule has 0 fully saturated rings. The standard InChI is InChI=1S/C7H5N3/c8-4-6-2-1-3-7(5-9)10-6/h1-3,6,10H. The van der Waals surface area contributed by atoms with Gasteiger partial charge in [-0.2, -0.15) is 10.5 Å². The smallest absolute Gasteiger partial charge is 0.134 e. The van der Waals surface area contributed by atoms with E-state index in [1.165, 1.54) is 0 Å². The molecular formula is C7H5N3. The molecule has 0 aliphatic carbocycles. The summed E-state index contributed by atoms with van der Waals surface area (Å²) in [5.41, 5.74) is 0.439. The van der Waals surface area contributed by atoms with Crippen LogP contribution in [0.25, 0.3) is 0 Å². The van der Waals surface area contributed by atoms with Gasteiger partial charge in [-0.25, -0.2) is 0 Å². The van der Waals surface area contributed by atoms with Crippen LogP contribution in [0.3, 0.4) is 0 Å². The maximum atomic E-state index is 8.40. The van der Waals surface area contributed by atoms with Crippen molar-refractivity contribution in [2.75, 3.05) is 0 Å². The number of nitriles is 2. The van der Waals surface area contributed by atoms with Crippen LogP contribution in [-0.4, -0.2) is 6.04 Å². The van der Waals surface area contributed by atoms with E-state index < -0.39 is 0 Å². The molecule has 0 amide bonds. The fraction of sp³-hybridized carbons (Fsp3) is 0.143. The van der Waals surface area contributed by atoms with Gasteiger partial charge in [0.15, 0.2) is 0 Å². The zero-order valence-electron chi connectivity index (χ0n) is 5.20. The summed E-state index contributed by atoms with van der Waals surface area (Å²) in [5.74, 6) is 0. The molecule has 1 rings (SSSR count). The van der Waals surface area contributed by atoms with Crippen molar-refractivity contribution < 1.29 is 0 Å². The second-order valence-corrected chi connectivity index (χ2v) is 1.83. The Morgan fingerprint density at radius 2 is 2.30 bits per heavy atom. The molecule has 0 saturated heterocycles. The van der Waals surface area contributed by atoms with Gasteiger partial charge in [-0.3, -0.25) is 0 Å². The number of hydrogen-bond acceptors (Lipinski definition) is 3. The zero-order chi connectivity index (χ0) is 7.40. The first kappa shape index (κ1) is 6.38. The Bertz CT molecular complexity index is 262. The maximum absolute atomic E-state index is 8.40. The largest absolute Gasteiger partial charge is 0.358 e. The first-order chi connectivity index (χ1) is 4.86. The van der Waals surface area contributed by atoms with Crippen molar-refractivity contribution in [2.24, 2.45) is 0 Å². The van der Waals surface area contributed by atoms with Gasteiger partial charge in [0.1, 0.15) is 17.8 Å². The topological polar surface area (TPSA) is 59.6 Å². The molecule has 48 valence electrons. The lowest BCUT2D eigenvalue weighted by Crippen LogP contribution is -2.25. The molecule has 0 bridgehead atoms. The minimum atomic E-state index is -0.348. The average molecular weight is 131 g/mol. The van der Waals surface area contributed by atoms with Gasteiger partial charge in [0.2, 0.25) is 0 Å². The maximum Gasteiger partial charge on any atom is 0.134 e. The van der Waals surface area contributed by atoms with Crippen molar-refractivity contribution in [2.45, 2.75) is 6.04 Å². The normalized spacial score (nSPS) is 21.8. The van der Waals surface area contributed by atoms with E-state index in [2.05, 4.69) is 5.32 Å². The van der Waals surface area contributed by atoms with Gasteiger partial charge in [-0.15, -0.1) is 0 Å². The first-order valence-corrected chi connectivity index (χ1v) is 2.81. The summed E-state index contributed by atoms with van der Waals surface area (Å²) in [5, 5.41) is 19.5. The van der Waals surface area contributed by atoms with Crippen molar-refractivity contribution in [3.05, 3.63) is 23.9 Å². The number of rotatable bonds is 0. The lowest BCUT2D eigenvalue weighted by molar-refractivity contribution is 0.809. The molecule has 1 aliphatic heterocycles. The van der Waals surface area contributed by atoms with Gasteiger partial charge < -0.3 is 5.32 Å². The molecule has 0 aromatic rings. The third-order valence-electron chi connectivity index (χ3n) is 1.14. The van der Waals surface area contributed by atoms with E-state index in [1.807, 2.05) is 12.1 Å². The summed E-state index contributed by atoms with van der Waals surface area (Å²) < 4.78 is 0. The molecule has 0 aromatic heterocycles. The van der Waals surface area contributed by atoms with E-state index in [1.54, 1.807) is 18.2 Å². The van der Waals surface area contributed by atoms with E-state index in [4.69, 9.17) is 10.5 Å². The van der Waals surface area contributed by atoms with Crippen molar-refractivity contribution in [3.63, 3.8) is 0 Å². The fourth-order valence-corrected chi connectivity index (χ4v) is 0.671. The van der Waals surface area contributed by atoms with Crippen LogP contribution in [0, 0.1) is 22.7 Å². The van der Waals surface area contributed by atoms with Gasteiger partial charge in [-0.05, 0) is 12.2 Å². The molecule has 0 saturated carbocycles. The summed E-state index contributed by atoms with van der Waals surface area (Å²) in [7, 11) is 0. The van der Waals surface area contributed by atoms with E-state index in [9.17, 15) is 0 Å². The Balaban J connectivity index is 2.72. The van der Waals surface area contributed by atoms with Gasteiger partial charge >= 0.3 is 0 Å². The number of nitrogens with zero attached hydrogens (tertiary/aromatic N) is 2. The number of hydrogen-bond donors (Lipinski definition) is 1. The predicted molar refractivity (Wildman–Crippen MR) is 35.4 cm³/mol. The van der Waals surface area contributed by atoms with Crippen LogP contribution in [0.4, 0.5) is 0 Å². The van der Waals surface area contributed by atoms with Crippen LogP contribution in [0.1, 0.15) is 0 Å². The Hall–Kier alpha value is -1.74. The zero-order valence-corrected chi connectivity index (χ0v) is 5.20. The second kappa shape index (κ2) is 2.70. The Labute approximate surface area is 58.9 Å². The molecule has 3 nitrogen and oxygen atoms in total. The van der Waals surface area contributed by atoms with E-state index in [-0.39, 0.29) is 6.04 Å². The van der Waals surface area contributed by atoms with Gasteiger partial charge in [0.05, 0.1) is 6.07 Å². The van der Waals surface area contributed by atoms with E-state index in [0.29, 0.717) is 5.70 Å². The third-order valence-corrected chi connectivity index (χ3v) is 1.14. The molecule has 1 unspecified atom stereocenters. The van der Waals surface area contributed by atoms with Crippen LogP contribution >= 0.6 is 0 Å². The Morgan fingerprint density at radius 1 is 1.50 bits per heavy atom. The molecule has 1 N–H and O–H groups in total. The Morgan fingerprint density at radius 3 is 2.90 bits per heavy atom. The van der Waals surface area contributed by atoms with Crippen LogP contribution in [0.5, 0.6) is 0 Å². The molecule has 0 spiro atoms. The summed E-state index contributed by atoms with van der Waals surface area (Å²) in [4.78, 5) is 0. The third kappa shape index (κ3) is 1.15. The van der Waals surface area contributed by atoms with Gasteiger partial charge in [-0.1, -0.05) is 6.08 Å². The first-order valence-electron chi connectivity index (χ1n) is 2.81. The molecule has 1 atom stereocenters. The lowest BCUT2D eigenvalue weighted by atomic mass is 10.2. The van der Waals surface area contributed by atoms with Crippen molar-refractivity contribution >= 4 is 0 Å².